The molecule has 1 spiro atoms. The Labute approximate surface area is 118 Å². The van der Waals surface area contributed by atoms with E-state index in [9.17, 15) is 4.79 Å². The highest BCUT2D eigenvalue weighted by atomic mass is 32.2. The molecule has 1 saturated carbocycles. The molecule has 0 aromatic rings. The highest BCUT2D eigenvalue weighted by Gasteiger charge is 2.40. The standard InChI is InChI=1S/C13H23N3O2S/c1-10-3-2-4-13(7-10)9-19-12(16-13)15-5-6-18-8-11(14)17/h10H,2-9H2,1H3,(H2,14,17)(H,15,16). The first-order valence-electron chi connectivity index (χ1n) is 6.91. The lowest BCUT2D eigenvalue weighted by Crippen LogP contribution is -2.47. The minimum Gasteiger partial charge on any atom is -0.370 e. The molecule has 2 aliphatic rings. The first-order chi connectivity index (χ1) is 9.10. The molecule has 0 aromatic heterocycles. The molecule has 0 radical (unpaired) electrons. The van der Waals surface area contributed by atoms with E-state index in [-0.39, 0.29) is 12.1 Å². The first-order valence-corrected chi connectivity index (χ1v) is 7.90. The number of primary amides is 1. The van der Waals surface area contributed by atoms with Gasteiger partial charge in [0.05, 0.1) is 13.2 Å². The van der Waals surface area contributed by atoms with Crippen LogP contribution in [0.15, 0.2) is 4.99 Å². The van der Waals surface area contributed by atoms with Crippen LogP contribution in [0.25, 0.3) is 0 Å². The summed E-state index contributed by atoms with van der Waals surface area (Å²) in [4.78, 5) is 15.0. The number of nitrogens with zero attached hydrogens (tertiary/aromatic N) is 1. The number of carbonyl (C=O) groups is 1. The minimum atomic E-state index is -0.434. The Kier molecular flexibility index (Phi) is 5.10. The second-order valence-electron chi connectivity index (χ2n) is 5.60. The summed E-state index contributed by atoms with van der Waals surface area (Å²) in [6, 6.07) is 0. The third-order valence-corrected chi connectivity index (χ3v) is 4.89. The Hall–Kier alpha value is -0.750. The van der Waals surface area contributed by atoms with Gasteiger partial charge in [-0.1, -0.05) is 31.5 Å². The fourth-order valence-electron chi connectivity index (χ4n) is 2.88. The van der Waals surface area contributed by atoms with Crippen molar-refractivity contribution >= 4 is 22.8 Å². The zero-order chi connectivity index (χ0) is 13.7. The predicted molar refractivity (Wildman–Crippen MR) is 78.3 cm³/mol. The lowest BCUT2D eigenvalue weighted by molar-refractivity contribution is -0.122. The van der Waals surface area contributed by atoms with Gasteiger partial charge in [-0.3, -0.25) is 9.79 Å². The quantitative estimate of drug-likeness (QED) is 0.742. The van der Waals surface area contributed by atoms with Gasteiger partial charge in [-0.2, -0.15) is 0 Å². The van der Waals surface area contributed by atoms with Crippen LogP contribution >= 0.6 is 11.8 Å². The van der Waals surface area contributed by atoms with Crippen LogP contribution in [0.5, 0.6) is 0 Å². The molecule has 2 unspecified atom stereocenters. The van der Waals surface area contributed by atoms with Gasteiger partial charge in [0.25, 0.3) is 0 Å². The maximum Gasteiger partial charge on any atom is 0.243 e. The van der Waals surface area contributed by atoms with Crippen molar-refractivity contribution in [3.8, 4) is 0 Å². The van der Waals surface area contributed by atoms with Gasteiger partial charge in [0.15, 0.2) is 5.17 Å². The van der Waals surface area contributed by atoms with E-state index in [4.69, 9.17) is 10.5 Å². The van der Waals surface area contributed by atoms with E-state index in [1.165, 1.54) is 25.7 Å². The summed E-state index contributed by atoms with van der Waals surface area (Å²) in [5.74, 6) is 1.49. The van der Waals surface area contributed by atoms with E-state index in [1.807, 2.05) is 0 Å². The summed E-state index contributed by atoms with van der Waals surface area (Å²) < 4.78 is 5.09. The molecule has 1 amide bonds. The number of hydrogen-bond donors (Lipinski definition) is 2. The van der Waals surface area contributed by atoms with Crippen LogP contribution in [0.2, 0.25) is 0 Å². The Balaban J connectivity index is 1.73. The van der Waals surface area contributed by atoms with Crippen molar-refractivity contribution < 1.29 is 9.53 Å². The second kappa shape index (κ2) is 6.61. The topological polar surface area (TPSA) is 76.7 Å². The first kappa shape index (κ1) is 14.7. The van der Waals surface area contributed by atoms with Gasteiger partial charge in [-0.05, 0) is 18.8 Å². The largest absolute Gasteiger partial charge is 0.370 e. The van der Waals surface area contributed by atoms with Crippen LogP contribution in [-0.4, -0.2) is 42.1 Å². The van der Waals surface area contributed by atoms with Crippen LogP contribution in [0, 0.1) is 5.92 Å². The van der Waals surface area contributed by atoms with Crippen molar-refractivity contribution in [2.45, 2.75) is 38.1 Å². The molecular weight excluding hydrogens is 262 g/mol. The van der Waals surface area contributed by atoms with Gasteiger partial charge in [0, 0.05) is 11.3 Å². The molecule has 2 atom stereocenters. The van der Waals surface area contributed by atoms with Crippen molar-refractivity contribution in [2.75, 3.05) is 25.5 Å². The number of hydrogen-bond acceptors (Lipinski definition) is 4. The molecule has 6 heteroatoms. The monoisotopic (exact) mass is 285 g/mol. The molecule has 0 bridgehead atoms. The molecule has 3 N–H and O–H groups in total. The molecule has 1 saturated heterocycles. The van der Waals surface area contributed by atoms with E-state index in [0.29, 0.717) is 13.2 Å². The number of nitrogens with one attached hydrogen (secondary N) is 1. The summed E-state index contributed by atoms with van der Waals surface area (Å²) in [6.07, 6.45) is 5.16. The van der Waals surface area contributed by atoms with E-state index >= 15 is 0 Å². The zero-order valence-electron chi connectivity index (χ0n) is 11.5. The van der Waals surface area contributed by atoms with Crippen molar-refractivity contribution in [1.82, 2.24) is 5.32 Å². The SMILES string of the molecule is CC1CCCC2(CSC(=NCCOCC(N)=O)N2)C1. The van der Waals surface area contributed by atoms with Crippen LogP contribution in [0.1, 0.15) is 32.6 Å². The van der Waals surface area contributed by atoms with E-state index in [0.717, 1.165) is 16.8 Å². The highest BCUT2D eigenvalue weighted by molar-refractivity contribution is 8.14. The fraction of sp³-hybridized carbons (Fsp3) is 0.846. The lowest BCUT2D eigenvalue weighted by atomic mass is 9.78. The number of carbonyl (C=O) groups excluding carboxylic acids is 1. The molecular formula is C13H23N3O2S. The number of amidine groups is 1. The van der Waals surface area contributed by atoms with Crippen molar-refractivity contribution in [1.29, 1.82) is 0 Å². The van der Waals surface area contributed by atoms with Crippen LogP contribution in [0.4, 0.5) is 0 Å². The summed E-state index contributed by atoms with van der Waals surface area (Å²) in [6.45, 7) is 3.33. The Morgan fingerprint density at radius 2 is 2.53 bits per heavy atom. The summed E-state index contributed by atoms with van der Waals surface area (Å²) >= 11 is 1.81. The average molecular weight is 285 g/mol. The third kappa shape index (κ3) is 4.38. The van der Waals surface area contributed by atoms with Gasteiger partial charge in [0.2, 0.25) is 5.91 Å². The van der Waals surface area contributed by atoms with Gasteiger partial charge in [-0.15, -0.1) is 0 Å². The van der Waals surface area contributed by atoms with Gasteiger partial charge in [0.1, 0.15) is 6.61 Å². The number of aliphatic imine (C=N–C) groups is 1. The number of ether oxygens (including phenoxy) is 1. The number of thioether (sulfide) groups is 1. The highest BCUT2D eigenvalue weighted by Crippen LogP contribution is 2.38. The van der Waals surface area contributed by atoms with Crippen LogP contribution in [0.3, 0.4) is 0 Å². The number of nitrogens with two attached hydrogens (primary N) is 1. The molecule has 2 rings (SSSR count). The molecule has 108 valence electrons. The van der Waals surface area contributed by atoms with Crippen LogP contribution < -0.4 is 11.1 Å². The van der Waals surface area contributed by atoms with E-state index < -0.39 is 5.91 Å². The molecule has 1 heterocycles. The number of rotatable bonds is 5. The van der Waals surface area contributed by atoms with Crippen molar-refractivity contribution in [3.63, 3.8) is 0 Å². The second-order valence-corrected chi connectivity index (χ2v) is 6.57. The zero-order valence-corrected chi connectivity index (χ0v) is 12.3. The normalized spacial score (nSPS) is 32.7. The average Bonchev–Trinajstić information content (AvgIpc) is 2.71. The van der Waals surface area contributed by atoms with Gasteiger partial charge >= 0.3 is 0 Å². The minimum absolute atomic E-state index is 0.0210. The maximum atomic E-state index is 10.5. The van der Waals surface area contributed by atoms with Gasteiger partial charge < -0.3 is 15.8 Å². The smallest absolute Gasteiger partial charge is 0.243 e. The summed E-state index contributed by atoms with van der Waals surface area (Å²) in [7, 11) is 0. The maximum absolute atomic E-state index is 10.5. The fourth-order valence-corrected chi connectivity index (χ4v) is 4.10. The lowest BCUT2D eigenvalue weighted by Gasteiger charge is -2.36. The van der Waals surface area contributed by atoms with Crippen LogP contribution in [-0.2, 0) is 9.53 Å². The predicted octanol–water partition coefficient (Wildman–Crippen LogP) is 1.13. The van der Waals surface area contributed by atoms with Crippen molar-refractivity contribution in [2.24, 2.45) is 16.6 Å². The van der Waals surface area contributed by atoms with Crippen molar-refractivity contribution in [3.05, 3.63) is 0 Å². The molecule has 1 aliphatic carbocycles. The summed E-state index contributed by atoms with van der Waals surface area (Å²) in [5, 5.41) is 4.63. The number of amides is 1. The summed E-state index contributed by atoms with van der Waals surface area (Å²) in [5.41, 5.74) is 5.26. The molecule has 2 fully saturated rings. The van der Waals surface area contributed by atoms with Gasteiger partial charge in [-0.25, -0.2) is 0 Å². The van der Waals surface area contributed by atoms with E-state index in [1.54, 1.807) is 11.8 Å². The molecule has 1 aliphatic heterocycles. The molecule has 5 nitrogen and oxygen atoms in total. The molecule has 19 heavy (non-hydrogen) atoms. The molecule has 0 aromatic carbocycles. The van der Waals surface area contributed by atoms with E-state index in [2.05, 4.69) is 17.2 Å². The Bertz CT molecular complexity index is 362. The Morgan fingerprint density at radius 3 is 3.26 bits per heavy atom. The third-order valence-electron chi connectivity index (χ3n) is 3.68. The Morgan fingerprint density at radius 1 is 1.68 bits per heavy atom.